The second-order valence-electron chi connectivity index (χ2n) is 5.89. The number of unbranched alkanes of at least 4 members (excludes halogenated alkanes) is 1. The standard InChI is InChI=1S/C15H27N3O2.ClH/c1-2-3-8-17-14(19)12-6-10-18(11-7-12)15(20)13-5-4-9-16-13;/h12-13,16H,2-11H2,1H3,(H,17,19);1H. The third-order valence-electron chi connectivity index (χ3n) is 4.37. The van der Waals surface area contributed by atoms with Crippen LogP contribution in [0.3, 0.4) is 0 Å². The summed E-state index contributed by atoms with van der Waals surface area (Å²) in [7, 11) is 0. The second kappa shape index (κ2) is 9.26. The molecule has 2 rings (SSSR count). The number of piperidine rings is 1. The smallest absolute Gasteiger partial charge is 0.239 e. The van der Waals surface area contributed by atoms with E-state index in [1.54, 1.807) is 0 Å². The second-order valence-corrected chi connectivity index (χ2v) is 5.89. The molecule has 2 fully saturated rings. The number of carbonyl (C=O) groups is 2. The van der Waals surface area contributed by atoms with E-state index in [1.165, 1.54) is 0 Å². The molecule has 1 atom stereocenters. The summed E-state index contributed by atoms with van der Waals surface area (Å²) in [6.07, 6.45) is 5.79. The molecule has 5 nitrogen and oxygen atoms in total. The highest BCUT2D eigenvalue weighted by atomic mass is 35.5. The Hall–Kier alpha value is -0.810. The Bertz CT molecular complexity index is 338. The summed E-state index contributed by atoms with van der Waals surface area (Å²) in [6, 6.07) is 0.0185. The molecule has 2 aliphatic rings. The average Bonchev–Trinajstić information content (AvgIpc) is 3.01. The van der Waals surface area contributed by atoms with Crippen LogP contribution < -0.4 is 10.6 Å². The van der Waals surface area contributed by atoms with Gasteiger partial charge in [-0.25, -0.2) is 0 Å². The summed E-state index contributed by atoms with van der Waals surface area (Å²) in [4.78, 5) is 26.2. The summed E-state index contributed by atoms with van der Waals surface area (Å²) in [5.74, 6) is 0.490. The first-order valence-electron chi connectivity index (χ1n) is 8.02. The van der Waals surface area contributed by atoms with Gasteiger partial charge in [-0.05, 0) is 38.6 Å². The zero-order valence-electron chi connectivity index (χ0n) is 12.9. The van der Waals surface area contributed by atoms with Gasteiger partial charge in [0.25, 0.3) is 0 Å². The fraction of sp³-hybridized carbons (Fsp3) is 0.867. The topological polar surface area (TPSA) is 61.4 Å². The van der Waals surface area contributed by atoms with E-state index in [-0.39, 0.29) is 36.2 Å². The number of hydrogen-bond acceptors (Lipinski definition) is 3. The molecule has 0 radical (unpaired) electrons. The van der Waals surface area contributed by atoms with Gasteiger partial charge in [-0.2, -0.15) is 0 Å². The van der Waals surface area contributed by atoms with Gasteiger partial charge in [0.05, 0.1) is 6.04 Å². The van der Waals surface area contributed by atoms with Crippen molar-refractivity contribution in [1.29, 1.82) is 0 Å². The molecule has 6 heteroatoms. The number of rotatable bonds is 5. The molecule has 21 heavy (non-hydrogen) atoms. The van der Waals surface area contributed by atoms with Gasteiger partial charge in [-0.1, -0.05) is 13.3 Å². The maximum atomic E-state index is 12.3. The quantitative estimate of drug-likeness (QED) is 0.752. The van der Waals surface area contributed by atoms with E-state index in [9.17, 15) is 9.59 Å². The minimum absolute atomic E-state index is 0. The van der Waals surface area contributed by atoms with Crippen LogP contribution in [0.2, 0.25) is 0 Å². The number of amides is 2. The van der Waals surface area contributed by atoms with Gasteiger partial charge in [0.15, 0.2) is 0 Å². The van der Waals surface area contributed by atoms with Gasteiger partial charge in [0.1, 0.15) is 0 Å². The van der Waals surface area contributed by atoms with Crippen LogP contribution in [0.15, 0.2) is 0 Å². The fourth-order valence-corrected chi connectivity index (χ4v) is 3.01. The predicted octanol–water partition coefficient (Wildman–Crippen LogP) is 1.32. The highest BCUT2D eigenvalue weighted by molar-refractivity contribution is 5.85. The summed E-state index contributed by atoms with van der Waals surface area (Å²) in [5, 5.41) is 6.25. The summed E-state index contributed by atoms with van der Waals surface area (Å²) in [6.45, 7) is 5.30. The van der Waals surface area contributed by atoms with Gasteiger partial charge in [0.2, 0.25) is 11.8 Å². The number of hydrogen-bond donors (Lipinski definition) is 2. The zero-order chi connectivity index (χ0) is 14.4. The van der Waals surface area contributed by atoms with Crippen LogP contribution in [-0.4, -0.2) is 48.9 Å². The first-order chi connectivity index (χ1) is 9.72. The van der Waals surface area contributed by atoms with Gasteiger partial charge in [-0.15, -0.1) is 12.4 Å². The molecule has 2 aliphatic heterocycles. The van der Waals surface area contributed by atoms with Crippen LogP contribution in [-0.2, 0) is 9.59 Å². The van der Waals surface area contributed by atoms with Crippen molar-refractivity contribution in [3.05, 3.63) is 0 Å². The van der Waals surface area contributed by atoms with Crippen LogP contribution in [0, 0.1) is 5.92 Å². The van der Waals surface area contributed by atoms with Crippen molar-refractivity contribution in [3.63, 3.8) is 0 Å². The molecular weight excluding hydrogens is 290 g/mol. The Morgan fingerprint density at radius 2 is 1.95 bits per heavy atom. The average molecular weight is 318 g/mol. The number of carbonyl (C=O) groups excluding carboxylic acids is 2. The molecule has 122 valence electrons. The van der Waals surface area contributed by atoms with E-state index < -0.39 is 0 Å². The maximum absolute atomic E-state index is 12.3. The Morgan fingerprint density at radius 3 is 2.52 bits per heavy atom. The highest BCUT2D eigenvalue weighted by Gasteiger charge is 2.31. The minimum atomic E-state index is 0. The molecule has 2 N–H and O–H groups in total. The van der Waals surface area contributed by atoms with E-state index in [4.69, 9.17) is 0 Å². The Balaban J connectivity index is 0.00000220. The molecule has 0 aromatic carbocycles. The lowest BCUT2D eigenvalue weighted by molar-refractivity contribution is -0.137. The molecular formula is C15H28ClN3O2. The lowest BCUT2D eigenvalue weighted by Crippen LogP contribution is -2.48. The van der Waals surface area contributed by atoms with Crippen molar-refractivity contribution in [2.45, 2.75) is 51.5 Å². The van der Waals surface area contributed by atoms with E-state index in [1.807, 2.05) is 4.90 Å². The molecule has 2 saturated heterocycles. The SMILES string of the molecule is CCCCNC(=O)C1CCN(C(=O)C2CCCN2)CC1.Cl. The van der Waals surface area contributed by atoms with Gasteiger partial charge in [0, 0.05) is 25.6 Å². The highest BCUT2D eigenvalue weighted by Crippen LogP contribution is 2.19. The van der Waals surface area contributed by atoms with E-state index in [2.05, 4.69) is 17.6 Å². The lowest BCUT2D eigenvalue weighted by atomic mass is 9.95. The maximum Gasteiger partial charge on any atom is 0.239 e. The largest absolute Gasteiger partial charge is 0.356 e. The minimum Gasteiger partial charge on any atom is -0.356 e. The van der Waals surface area contributed by atoms with Crippen molar-refractivity contribution in [3.8, 4) is 0 Å². The molecule has 0 saturated carbocycles. The van der Waals surface area contributed by atoms with Gasteiger partial charge in [-0.3, -0.25) is 9.59 Å². The van der Waals surface area contributed by atoms with Crippen LogP contribution >= 0.6 is 12.4 Å². The molecule has 2 heterocycles. The molecule has 1 unspecified atom stereocenters. The van der Waals surface area contributed by atoms with Crippen molar-refractivity contribution < 1.29 is 9.59 Å². The molecule has 0 aliphatic carbocycles. The van der Waals surface area contributed by atoms with Crippen LogP contribution in [0.5, 0.6) is 0 Å². The van der Waals surface area contributed by atoms with Crippen molar-refractivity contribution in [2.75, 3.05) is 26.2 Å². The zero-order valence-corrected chi connectivity index (χ0v) is 13.7. The lowest BCUT2D eigenvalue weighted by Gasteiger charge is -2.33. The van der Waals surface area contributed by atoms with Crippen molar-refractivity contribution >= 4 is 24.2 Å². The molecule has 0 bridgehead atoms. The number of likely N-dealkylation sites (tertiary alicyclic amines) is 1. The molecule has 0 aromatic heterocycles. The number of nitrogens with one attached hydrogen (secondary N) is 2. The molecule has 2 amide bonds. The third kappa shape index (κ3) is 5.15. The summed E-state index contributed by atoms with van der Waals surface area (Å²) >= 11 is 0. The van der Waals surface area contributed by atoms with Crippen molar-refractivity contribution in [2.24, 2.45) is 5.92 Å². The fourth-order valence-electron chi connectivity index (χ4n) is 3.01. The first-order valence-corrected chi connectivity index (χ1v) is 8.02. The predicted molar refractivity (Wildman–Crippen MR) is 85.5 cm³/mol. The van der Waals surface area contributed by atoms with E-state index in [0.717, 1.165) is 64.7 Å². The first kappa shape index (κ1) is 18.2. The van der Waals surface area contributed by atoms with E-state index >= 15 is 0 Å². The Morgan fingerprint density at radius 1 is 1.24 bits per heavy atom. The van der Waals surface area contributed by atoms with Crippen LogP contribution in [0.1, 0.15) is 45.4 Å². The Labute approximate surface area is 133 Å². The van der Waals surface area contributed by atoms with Crippen LogP contribution in [0.4, 0.5) is 0 Å². The third-order valence-corrected chi connectivity index (χ3v) is 4.37. The number of halogens is 1. The molecule has 0 aromatic rings. The Kier molecular flexibility index (Phi) is 8.04. The van der Waals surface area contributed by atoms with Gasteiger partial charge >= 0.3 is 0 Å². The molecule has 0 spiro atoms. The van der Waals surface area contributed by atoms with E-state index in [0.29, 0.717) is 0 Å². The van der Waals surface area contributed by atoms with Crippen molar-refractivity contribution in [1.82, 2.24) is 15.5 Å². The monoisotopic (exact) mass is 317 g/mol. The summed E-state index contributed by atoms with van der Waals surface area (Å²) in [5.41, 5.74) is 0. The van der Waals surface area contributed by atoms with Gasteiger partial charge < -0.3 is 15.5 Å². The van der Waals surface area contributed by atoms with Crippen LogP contribution in [0.25, 0.3) is 0 Å². The number of nitrogens with zero attached hydrogens (tertiary/aromatic N) is 1. The summed E-state index contributed by atoms with van der Waals surface area (Å²) < 4.78 is 0. The normalized spacial score (nSPS) is 22.7.